The lowest BCUT2D eigenvalue weighted by Crippen LogP contribution is -2.22. The van der Waals surface area contributed by atoms with Crippen LogP contribution in [0, 0.1) is 11.8 Å². The molecule has 0 aliphatic rings. The monoisotopic (exact) mass is 427 g/mol. The molecule has 0 fully saturated rings. The third kappa shape index (κ3) is 7.95. The molecule has 0 unspecified atom stereocenters. The summed E-state index contributed by atoms with van der Waals surface area (Å²) in [4.78, 5) is 2.57. The van der Waals surface area contributed by atoms with Crippen LogP contribution in [0.3, 0.4) is 0 Å². The summed E-state index contributed by atoms with van der Waals surface area (Å²) in [6.07, 6.45) is 3.39. The summed E-state index contributed by atoms with van der Waals surface area (Å²) in [6.45, 7) is 14.2. The van der Waals surface area contributed by atoms with Gasteiger partial charge in [0, 0.05) is 19.6 Å². The molecule has 0 radical (unpaired) electrons. The second kappa shape index (κ2) is 12.0. The Bertz CT molecular complexity index is 862. The van der Waals surface area contributed by atoms with Gasteiger partial charge in [0.2, 0.25) is 0 Å². The molecular weight excluding hydrogens is 386 g/mol. The topological polar surface area (TPSA) is 3.24 Å². The summed E-state index contributed by atoms with van der Waals surface area (Å²) in [7, 11) is 0. The highest BCUT2D eigenvalue weighted by Crippen LogP contribution is 2.18. The first-order chi connectivity index (χ1) is 15.4. The third-order valence-electron chi connectivity index (χ3n) is 5.98. The molecular formula is C31H41N. The molecule has 0 N–H and O–H groups in total. The number of aryl methyl sites for hydroxylation is 1. The first-order valence-electron chi connectivity index (χ1n) is 12.4. The number of benzene rings is 3. The standard InChI is InChI=1S/C31H41N/c1-6-26-7-13-29(14-8-26)21-32(22-30-15-9-27(10-16-30)19-24(2)3)23-31-17-11-28(12-18-31)20-25(4)5/h7-18,24-25H,6,19-23H2,1-5H3. The van der Waals surface area contributed by atoms with E-state index in [2.05, 4.69) is 112 Å². The van der Waals surface area contributed by atoms with Crippen LogP contribution in [-0.2, 0) is 38.9 Å². The molecule has 0 aliphatic heterocycles. The molecule has 1 heteroatoms. The minimum atomic E-state index is 0.696. The maximum atomic E-state index is 2.57. The largest absolute Gasteiger partial charge is 0.291 e. The smallest absolute Gasteiger partial charge is 0.0240 e. The molecule has 0 heterocycles. The average molecular weight is 428 g/mol. The molecule has 3 rings (SSSR count). The molecule has 0 aromatic heterocycles. The van der Waals surface area contributed by atoms with E-state index in [1.165, 1.54) is 33.4 Å². The molecule has 0 saturated carbocycles. The Hall–Kier alpha value is -2.38. The molecule has 0 bridgehead atoms. The Labute approximate surface area is 196 Å². The molecule has 170 valence electrons. The van der Waals surface area contributed by atoms with Crippen molar-refractivity contribution in [2.45, 2.75) is 73.5 Å². The predicted molar refractivity (Wildman–Crippen MR) is 139 cm³/mol. The highest BCUT2D eigenvalue weighted by Gasteiger charge is 2.10. The van der Waals surface area contributed by atoms with E-state index in [0.717, 1.165) is 38.9 Å². The molecule has 1 nitrogen and oxygen atoms in total. The maximum Gasteiger partial charge on any atom is 0.0240 e. The van der Waals surface area contributed by atoms with Gasteiger partial charge < -0.3 is 0 Å². The molecule has 0 saturated heterocycles. The van der Waals surface area contributed by atoms with Gasteiger partial charge in [0.25, 0.3) is 0 Å². The van der Waals surface area contributed by atoms with Crippen LogP contribution < -0.4 is 0 Å². The van der Waals surface area contributed by atoms with Crippen LogP contribution in [0.4, 0.5) is 0 Å². The fourth-order valence-electron chi connectivity index (χ4n) is 4.33. The predicted octanol–water partition coefficient (Wildman–Crippen LogP) is 7.85. The zero-order valence-electron chi connectivity index (χ0n) is 20.8. The van der Waals surface area contributed by atoms with E-state index >= 15 is 0 Å². The van der Waals surface area contributed by atoms with Gasteiger partial charge in [0.05, 0.1) is 0 Å². The average Bonchev–Trinajstić information content (AvgIpc) is 2.76. The van der Waals surface area contributed by atoms with Gasteiger partial charge in [-0.15, -0.1) is 0 Å². The Morgan fingerprint density at radius 3 is 1.03 bits per heavy atom. The molecule has 32 heavy (non-hydrogen) atoms. The Kier molecular flexibility index (Phi) is 9.11. The van der Waals surface area contributed by atoms with Gasteiger partial charge in [-0.1, -0.05) is 107 Å². The van der Waals surface area contributed by atoms with Gasteiger partial charge in [0.1, 0.15) is 0 Å². The van der Waals surface area contributed by atoms with Crippen molar-refractivity contribution in [1.29, 1.82) is 0 Å². The molecule has 0 spiro atoms. The summed E-state index contributed by atoms with van der Waals surface area (Å²) < 4.78 is 0. The second-order valence-electron chi connectivity index (χ2n) is 10.1. The summed E-state index contributed by atoms with van der Waals surface area (Å²) in [5.74, 6) is 1.39. The first-order valence-corrected chi connectivity index (χ1v) is 12.4. The zero-order valence-corrected chi connectivity index (χ0v) is 20.8. The minimum absolute atomic E-state index is 0.696. The normalized spacial score (nSPS) is 11.6. The van der Waals surface area contributed by atoms with Crippen molar-refractivity contribution in [2.24, 2.45) is 11.8 Å². The van der Waals surface area contributed by atoms with Crippen molar-refractivity contribution in [2.75, 3.05) is 0 Å². The van der Waals surface area contributed by atoms with Crippen LogP contribution >= 0.6 is 0 Å². The van der Waals surface area contributed by atoms with Crippen LogP contribution in [0.25, 0.3) is 0 Å². The van der Waals surface area contributed by atoms with E-state index in [9.17, 15) is 0 Å². The van der Waals surface area contributed by atoms with E-state index in [1.807, 2.05) is 0 Å². The van der Waals surface area contributed by atoms with E-state index in [0.29, 0.717) is 11.8 Å². The van der Waals surface area contributed by atoms with Crippen molar-refractivity contribution in [3.8, 4) is 0 Å². The summed E-state index contributed by atoms with van der Waals surface area (Å²) in [5, 5.41) is 0. The van der Waals surface area contributed by atoms with Gasteiger partial charge in [0.15, 0.2) is 0 Å². The molecule has 0 atom stereocenters. The van der Waals surface area contributed by atoms with Crippen molar-refractivity contribution in [3.63, 3.8) is 0 Å². The summed E-state index contributed by atoms with van der Waals surface area (Å²) >= 11 is 0. The number of hydrogen-bond acceptors (Lipinski definition) is 1. The SMILES string of the molecule is CCc1ccc(CN(Cc2ccc(CC(C)C)cc2)Cc2ccc(CC(C)C)cc2)cc1. The van der Waals surface area contributed by atoms with Crippen LogP contribution in [0.15, 0.2) is 72.8 Å². The van der Waals surface area contributed by atoms with E-state index in [1.54, 1.807) is 0 Å². The van der Waals surface area contributed by atoms with Gasteiger partial charge in [-0.3, -0.25) is 4.90 Å². The van der Waals surface area contributed by atoms with Crippen LogP contribution in [-0.4, -0.2) is 4.90 Å². The van der Waals surface area contributed by atoms with Gasteiger partial charge in [-0.05, 0) is 64.5 Å². The number of hydrogen-bond donors (Lipinski definition) is 0. The quantitative estimate of drug-likeness (QED) is 0.301. The maximum absolute atomic E-state index is 2.57. The van der Waals surface area contributed by atoms with Gasteiger partial charge >= 0.3 is 0 Å². The highest BCUT2D eigenvalue weighted by molar-refractivity contribution is 5.26. The highest BCUT2D eigenvalue weighted by atomic mass is 15.1. The van der Waals surface area contributed by atoms with Crippen LogP contribution in [0.2, 0.25) is 0 Å². The van der Waals surface area contributed by atoms with Crippen LogP contribution in [0.1, 0.15) is 68.0 Å². The Balaban J connectivity index is 1.73. The van der Waals surface area contributed by atoms with E-state index in [4.69, 9.17) is 0 Å². The first kappa shape index (κ1) is 24.3. The van der Waals surface area contributed by atoms with Crippen molar-refractivity contribution in [1.82, 2.24) is 4.90 Å². The number of nitrogens with zero attached hydrogens (tertiary/aromatic N) is 1. The molecule has 0 amide bonds. The minimum Gasteiger partial charge on any atom is -0.291 e. The Morgan fingerprint density at radius 2 is 0.750 bits per heavy atom. The molecule has 0 aliphatic carbocycles. The van der Waals surface area contributed by atoms with Crippen molar-refractivity contribution >= 4 is 0 Å². The van der Waals surface area contributed by atoms with E-state index < -0.39 is 0 Å². The summed E-state index contributed by atoms with van der Waals surface area (Å²) in [5.41, 5.74) is 8.44. The van der Waals surface area contributed by atoms with Gasteiger partial charge in [-0.2, -0.15) is 0 Å². The molecule has 3 aromatic carbocycles. The zero-order chi connectivity index (χ0) is 22.9. The number of rotatable bonds is 11. The Morgan fingerprint density at radius 1 is 0.469 bits per heavy atom. The fourth-order valence-corrected chi connectivity index (χ4v) is 4.33. The molecule has 3 aromatic rings. The second-order valence-corrected chi connectivity index (χ2v) is 10.1. The van der Waals surface area contributed by atoms with Gasteiger partial charge in [-0.25, -0.2) is 0 Å². The lowest BCUT2D eigenvalue weighted by molar-refractivity contribution is 0.247. The lowest BCUT2D eigenvalue weighted by atomic mass is 10.0. The van der Waals surface area contributed by atoms with Crippen molar-refractivity contribution < 1.29 is 0 Å². The third-order valence-corrected chi connectivity index (χ3v) is 5.98. The van der Waals surface area contributed by atoms with E-state index in [-0.39, 0.29) is 0 Å². The summed E-state index contributed by atoms with van der Waals surface area (Å²) in [6, 6.07) is 27.6. The lowest BCUT2D eigenvalue weighted by Gasteiger charge is -2.23. The van der Waals surface area contributed by atoms with Crippen molar-refractivity contribution in [3.05, 3.63) is 106 Å². The van der Waals surface area contributed by atoms with Crippen LogP contribution in [0.5, 0.6) is 0 Å². The fraction of sp³-hybridized carbons (Fsp3) is 0.419.